The van der Waals surface area contributed by atoms with Gasteiger partial charge in [0.05, 0.1) is 43.0 Å². The van der Waals surface area contributed by atoms with Crippen LogP contribution in [-0.4, -0.2) is 43.6 Å². The van der Waals surface area contributed by atoms with Gasteiger partial charge in [-0.3, -0.25) is 9.20 Å². The van der Waals surface area contributed by atoms with Gasteiger partial charge in [0.15, 0.2) is 0 Å². The number of benzene rings is 1. The van der Waals surface area contributed by atoms with Crippen LogP contribution in [-0.2, 0) is 41.8 Å². The van der Waals surface area contributed by atoms with Crippen molar-refractivity contribution in [2.24, 2.45) is 5.41 Å². The van der Waals surface area contributed by atoms with Crippen molar-refractivity contribution >= 4 is 23.2 Å². The van der Waals surface area contributed by atoms with Gasteiger partial charge in [0, 0.05) is 24.2 Å². The molecule has 1 fully saturated rings. The van der Waals surface area contributed by atoms with Crippen molar-refractivity contribution in [2.75, 3.05) is 24.3 Å². The van der Waals surface area contributed by atoms with E-state index in [4.69, 9.17) is 10.5 Å². The molecule has 34 heavy (non-hydrogen) atoms. The number of amides is 1. The van der Waals surface area contributed by atoms with Gasteiger partial charge in [0.1, 0.15) is 11.6 Å². The number of aryl methyl sites for hydroxylation is 1. The minimum Gasteiger partial charge on any atom is -0.399 e. The van der Waals surface area contributed by atoms with Crippen LogP contribution >= 0.6 is 0 Å². The largest absolute Gasteiger partial charge is 0.416 e. The third kappa shape index (κ3) is 3.71. The first-order valence-corrected chi connectivity index (χ1v) is 10.9. The van der Waals surface area contributed by atoms with Crippen LogP contribution in [0.3, 0.4) is 0 Å². The summed E-state index contributed by atoms with van der Waals surface area (Å²) in [6.45, 7) is 5.33. The first-order valence-electron chi connectivity index (χ1n) is 10.9. The van der Waals surface area contributed by atoms with E-state index in [9.17, 15) is 18.0 Å². The molecule has 2 aliphatic heterocycles. The SMILES string of the molecule is CCc1nnc2nc(NCc3cc(N)cc(C(F)(F)F)c3)c3c(n12)CN(C(=O)C1(C)COC1)C3. The Morgan fingerprint density at radius 3 is 2.65 bits per heavy atom. The van der Waals surface area contributed by atoms with Gasteiger partial charge in [0.2, 0.25) is 5.91 Å². The van der Waals surface area contributed by atoms with Crippen LogP contribution in [0.5, 0.6) is 0 Å². The van der Waals surface area contributed by atoms with Gasteiger partial charge >= 0.3 is 6.18 Å². The van der Waals surface area contributed by atoms with Gasteiger partial charge in [-0.2, -0.15) is 18.2 Å². The van der Waals surface area contributed by atoms with Crippen LogP contribution in [0.1, 0.15) is 42.1 Å². The molecular weight excluding hydrogens is 451 g/mol. The highest BCUT2D eigenvalue weighted by Gasteiger charge is 2.45. The first-order chi connectivity index (χ1) is 16.1. The predicted octanol–water partition coefficient (Wildman–Crippen LogP) is 2.78. The van der Waals surface area contributed by atoms with Gasteiger partial charge in [-0.25, -0.2) is 0 Å². The number of hydrogen-bond acceptors (Lipinski definition) is 7. The number of carbonyl (C=O) groups is 1. The molecule has 0 saturated carbocycles. The molecule has 5 rings (SSSR count). The molecule has 2 aromatic heterocycles. The number of alkyl halides is 3. The number of fused-ring (bicyclic) bond motifs is 3. The second-order valence-corrected chi connectivity index (χ2v) is 9.02. The molecule has 1 saturated heterocycles. The van der Waals surface area contributed by atoms with Crippen molar-refractivity contribution in [2.45, 2.75) is 46.1 Å². The number of hydrogen-bond donors (Lipinski definition) is 2. The third-order valence-electron chi connectivity index (χ3n) is 6.28. The number of nitrogens with zero attached hydrogens (tertiary/aromatic N) is 5. The van der Waals surface area contributed by atoms with E-state index in [1.165, 1.54) is 6.07 Å². The van der Waals surface area contributed by atoms with Gasteiger partial charge in [-0.05, 0) is 30.7 Å². The van der Waals surface area contributed by atoms with Gasteiger partial charge in [-0.1, -0.05) is 6.92 Å². The molecule has 4 heterocycles. The maximum atomic E-state index is 13.2. The standard InChI is InChI=1S/C22H24F3N7O2/c1-3-17-29-30-20-28-18(27-7-12-4-13(22(23,24)25)6-14(26)5-12)15-8-31(9-16(15)32(17)20)19(33)21(2)10-34-11-21/h4-6H,3,7-11,26H2,1-2H3,(H,27,28,30). The molecule has 1 aromatic carbocycles. The lowest BCUT2D eigenvalue weighted by atomic mass is 9.87. The van der Waals surface area contributed by atoms with Crippen molar-refractivity contribution in [3.8, 4) is 0 Å². The minimum atomic E-state index is -4.50. The summed E-state index contributed by atoms with van der Waals surface area (Å²) in [6, 6.07) is 3.45. The molecule has 0 spiro atoms. The van der Waals surface area contributed by atoms with Gasteiger partial charge < -0.3 is 20.7 Å². The van der Waals surface area contributed by atoms with E-state index < -0.39 is 17.2 Å². The highest BCUT2D eigenvalue weighted by Crippen LogP contribution is 2.36. The molecule has 0 bridgehead atoms. The number of carbonyl (C=O) groups excluding carboxylic acids is 1. The van der Waals surface area contributed by atoms with Crippen LogP contribution in [0.15, 0.2) is 18.2 Å². The monoisotopic (exact) mass is 475 g/mol. The zero-order valence-electron chi connectivity index (χ0n) is 18.7. The normalized spacial score (nSPS) is 17.0. The van der Waals surface area contributed by atoms with E-state index in [1.807, 2.05) is 18.2 Å². The molecular formula is C22H24F3N7O2. The number of rotatable bonds is 5. The molecule has 2 aliphatic rings. The summed E-state index contributed by atoms with van der Waals surface area (Å²) < 4.78 is 46.7. The van der Waals surface area contributed by atoms with E-state index in [-0.39, 0.29) is 18.1 Å². The number of nitrogens with two attached hydrogens (primary N) is 1. The molecule has 9 nitrogen and oxygen atoms in total. The van der Waals surface area contributed by atoms with E-state index in [0.29, 0.717) is 49.9 Å². The Balaban J connectivity index is 1.48. The van der Waals surface area contributed by atoms with Crippen LogP contribution in [0.25, 0.3) is 5.78 Å². The van der Waals surface area contributed by atoms with E-state index in [2.05, 4.69) is 20.5 Å². The molecule has 0 radical (unpaired) electrons. The van der Waals surface area contributed by atoms with E-state index in [0.717, 1.165) is 29.2 Å². The fourth-order valence-electron chi connectivity index (χ4n) is 4.46. The van der Waals surface area contributed by atoms with Crippen LogP contribution in [0.4, 0.5) is 24.7 Å². The lowest BCUT2D eigenvalue weighted by Gasteiger charge is -2.39. The first kappa shape index (κ1) is 22.4. The van der Waals surface area contributed by atoms with Crippen molar-refractivity contribution in [1.82, 2.24) is 24.5 Å². The summed E-state index contributed by atoms with van der Waals surface area (Å²) >= 11 is 0. The van der Waals surface area contributed by atoms with Crippen LogP contribution in [0.2, 0.25) is 0 Å². The lowest BCUT2D eigenvalue weighted by Crippen LogP contribution is -2.52. The topological polar surface area (TPSA) is 111 Å². The number of aromatic nitrogens is 4. The Morgan fingerprint density at radius 1 is 1.24 bits per heavy atom. The molecule has 1 amide bonds. The highest BCUT2D eigenvalue weighted by atomic mass is 19.4. The average molecular weight is 475 g/mol. The smallest absolute Gasteiger partial charge is 0.399 e. The Kier molecular flexibility index (Phi) is 5.15. The molecule has 0 aliphatic carbocycles. The Bertz CT molecular complexity index is 1280. The zero-order valence-corrected chi connectivity index (χ0v) is 18.7. The molecule has 180 valence electrons. The second-order valence-electron chi connectivity index (χ2n) is 9.02. The van der Waals surface area contributed by atoms with Gasteiger partial charge in [-0.15, -0.1) is 10.2 Å². The number of ether oxygens (including phenoxy) is 1. The lowest BCUT2D eigenvalue weighted by molar-refractivity contribution is -0.169. The third-order valence-corrected chi connectivity index (χ3v) is 6.28. The van der Waals surface area contributed by atoms with Crippen LogP contribution < -0.4 is 11.1 Å². The number of nitrogens with one attached hydrogen (secondary N) is 1. The maximum Gasteiger partial charge on any atom is 0.416 e. The Labute approximate surface area is 193 Å². The maximum absolute atomic E-state index is 13.2. The van der Waals surface area contributed by atoms with Crippen molar-refractivity contribution in [3.05, 3.63) is 46.4 Å². The Hall–Kier alpha value is -3.41. The Morgan fingerprint density at radius 2 is 2.00 bits per heavy atom. The van der Waals surface area contributed by atoms with E-state index in [1.54, 1.807) is 4.90 Å². The summed E-state index contributed by atoms with van der Waals surface area (Å²) in [5, 5.41) is 11.5. The number of nitrogen functional groups attached to an aromatic ring is 1. The van der Waals surface area contributed by atoms with Crippen LogP contribution in [0, 0.1) is 5.41 Å². The molecule has 0 unspecified atom stereocenters. The molecule has 0 atom stereocenters. The fraction of sp³-hybridized carbons (Fsp3) is 0.455. The summed E-state index contributed by atoms with van der Waals surface area (Å²) in [6.07, 6.45) is -3.87. The van der Waals surface area contributed by atoms with E-state index >= 15 is 0 Å². The number of anilines is 2. The summed E-state index contributed by atoms with van der Waals surface area (Å²) in [4.78, 5) is 19.5. The predicted molar refractivity (Wildman–Crippen MR) is 117 cm³/mol. The fourth-order valence-corrected chi connectivity index (χ4v) is 4.46. The zero-order chi connectivity index (χ0) is 24.3. The quantitative estimate of drug-likeness (QED) is 0.546. The molecule has 3 N–H and O–H groups in total. The summed E-state index contributed by atoms with van der Waals surface area (Å²) in [7, 11) is 0. The van der Waals surface area contributed by atoms with Crippen molar-refractivity contribution in [1.29, 1.82) is 0 Å². The minimum absolute atomic E-state index is 0.00850. The average Bonchev–Trinajstić information content (AvgIpc) is 3.38. The number of halogens is 3. The summed E-state index contributed by atoms with van der Waals surface area (Å²) in [5.74, 6) is 1.54. The summed E-state index contributed by atoms with van der Waals surface area (Å²) in [5.41, 5.74) is 6.36. The molecule has 12 heteroatoms. The highest BCUT2D eigenvalue weighted by molar-refractivity contribution is 5.84. The van der Waals surface area contributed by atoms with Gasteiger partial charge in [0.25, 0.3) is 5.78 Å². The van der Waals surface area contributed by atoms with Crippen molar-refractivity contribution in [3.63, 3.8) is 0 Å². The second kappa shape index (κ2) is 7.83. The van der Waals surface area contributed by atoms with Crippen molar-refractivity contribution < 1.29 is 22.7 Å². The molecule has 3 aromatic rings.